The molecule has 0 unspecified atom stereocenters. The highest BCUT2D eigenvalue weighted by atomic mass is 16.3. The molecule has 0 spiro atoms. The van der Waals surface area contributed by atoms with Crippen LogP contribution >= 0.6 is 0 Å². The molecule has 0 saturated heterocycles. The van der Waals surface area contributed by atoms with Gasteiger partial charge in [-0.2, -0.15) is 5.26 Å². The van der Waals surface area contributed by atoms with E-state index in [2.05, 4.69) is 130 Å². The number of para-hydroxylation sites is 3. The van der Waals surface area contributed by atoms with Gasteiger partial charge in [-0.3, -0.25) is 0 Å². The molecule has 0 N–H and O–H groups in total. The number of furan rings is 1. The highest BCUT2D eigenvalue weighted by Crippen LogP contribution is 2.44. The van der Waals surface area contributed by atoms with Crippen molar-refractivity contribution in [3.8, 4) is 62.7 Å². The van der Waals surface area contributed by atoms with Gasteiger partial charge < -0.3 is 13.6 Å². The zero-order chi connectivity index (χ0) is 43.0. The van der Waals surface area contributed by atoms with Crippen molar-refractivity contribution in [3.63, 3.8) is 0 Å². The minimum absolute atomic E-state index is 0.480. The van der Waals surface area contributed by atoms with E-state index >= 15 is 0 Å². The molecule has 0 atom stereocenters. The first-order chi connectivity index (χ1) is 32.2. The molecule has 0 radical (unpaired) electrons. The molecule has 0 aliphatic heterocycles. The van der Waals surface area contributed by atoms with Crippen LogP contribution in [0.5, 0.6) is 0 Å². The third-order valence-corrected chi connectivity index (χ3v) is 12.6. The van der Waals surface area contributed by atoms with Gasteiger partial charge >= 0.3 is 0 Å². The number of rotatable bonds is 6. The van der Waals surface area contributed by atoms with Gasteiger partial charge in [-0.15, -0.1) is 0 Å². The van der Waals surface area contributed by atoms with Crippen LogP contribution in [-0.4, -0.2) is 24.1 Å². The Hall–Kier alpha value is -9.12. The lowest BCUT2D eigenvalue weighted by Crippen LogP contribution is -2.02. The molecule has 7 heteroatoms. The van der Waals surface area contributed by atoms with Crippen molar-refractivity contribution < 1.29 is 4.42 Å². The van der Waals surface area contributed by atoms with E-state index in [9.17, 15) is 5.26 Å². The van der Waals surface area contributed by atoms with E-state index in [4.69, 9.17) is 19.4 Å². The van der Waals surface area contributed by atoms with E-state index in [0.717, 1.165) is 99.2 Å². The van der Waals surface area contributed by atoms with Crippen LogP contribution < -0.4 is 0 Å². The zero-order valence-electron chi connectivity index (χ0n) is 34.7. The van der Waals surface area contributed by atoms with E-state index in [1.54, 1.807) is 0 Å². The molecular weight excluding hydrogens is 797 g/mol. The lowest BCUT2D eigenvalue weighted by atomic mass is 10.0. The minimum atomic E-state index is 0.480. The number of fused-ring (bicyclic) bond motifs is 10. The molecule has 13 aromatic rings. The summed E-state index contributed by atoms with van der Waals surface area (Å²) in [5, 5.41) is 17.4. The number of nitriles is 1. The van der Waals surface area contributed by atoms with Gasteiger partial charge in [0.25, 0.3) is 0 Å². The summed E-state index contributed by atoms with van der Waals surface area (Å²) in [6, 6.07) is 73.1. The Morgan fingerprint density at radius 2 is 0.985 bits per heavy atom. The molecule has 0 aliphatic rings. The molecule has 0 bridgehead atoms. The summed E-state index contributed by atoms with van der Waals surface area (Å²) in [6.45, 7) is 0. The van der Waals surface area contributed by atoms with Gasteiger partial charge in [-0.05, 0) is 77.9 Å². The first kappa shape index (κ1) is 36.5. The molecule has 4 heterocycles. The summed E-state index contributed by atoms with van der Waals surface area (Å²) in [5.41, 5.74) is 12.7. The number of nitrogens with zero attached hydrogens (tertiary/aromatic N) is 6. The summed E-state index contributed by atoms with van der Waals surface area (Å²) in [6.07, 6.45) is 0. The standard InChI is InChI=1S/C58H34N6O/c59-35-41-32-40(58-61-56(37-17-6-2-7-18-37)60-57(62-58)39-20-14-19-38(31-39)36-15-4-1-5-16-36)27-29-48(41)64-49-25-12-10-23-43(49)46-33-47-44-28-30-51-54(55(44)65-53(47)34-52(46)64)45-24-11-13-26-50(45)63(51)42-21-8-3-9-22-42/h1-34H. The first-order valence-corrected chi connectivity index (χ1v) is 21.6. The van der Waals surface area contributed by atoms with Gasteiger partial charge in [0.1, 0.15) is 17.2 Å². The highest BCUT2D eigenvalue weighted by molar-refractivity contribution is 6.26. The Labute approximate surface area is 372 Å². The normalized spacial score (nSPS) is 11.7. The molecule has 9 aromatic carbocycles. The topological polar surface area (TPSA) is 85.5 Å². The van der Waals surface area contributed by atoms with E-state index in [0.29, 0.717) is 28.6 Å². The number of hydrogen-bond donors (Lipinski definition) is 0. The average Bonchev–Trinajstić information content (AvgIpc) is 4.03. The maximum absolute atomic E-state index is 10.9. The third-order valence-electron chi connectivity index (χ3n) is 12.6. The fourth-order valence-corrected chi connectivity index (χ4v) is 9.64. The van der Waals surface area contributed by atoms with Gasteiger partial charge in [0.2, 0.25) is 0 Å². The fraction of sp³-hybridized carbons (Fsp3) is 0. The molecule has 0 amide bonds. The Kier molecular flexibility index (Phi) is 8.14. The van der Waals surface area contributed by atoms with E-state index < -0.39 is 0 Å². The van der Waals surface area contributed by atoms with Crippen molar-refractivity contribution in [2.45, 2.75) is 0 Å². The second-order valence-corrected chi connectivity index (χ2v) is 16.3. The van der Waals surface area contributed by atoms with Crippen molar-refractivity contribution in [1.82, 2.24) is 24.1 Å². The molecule has 0 fully saturated rings. The van der Waals surface area contributed by atoms with E-state index in [1.807, 2.05) is 91.0 Å². The monoisotopic (exact) mass is 830 g/mol. The molecule has 4 aromatic heterocycles. The Morgan fingerprint density at radius 1 is 0.385 bits per heavy atom. The summed E-state index contributed by atoms with van der Waals surface area (Å²) >= 11 is 0. The average molecular weight is 831 g/mol. The number of benzene rings is 9. The van der Waals surface area contributed by atoms with E-state index in [1.165, 1.54) is 0 Å². The van der Waals surface area contributed by atoms with Crippen LogP contribution in [0.15, 0.2) is 211 Å². The minimum Gasteiger partial charge on any atom is -0.455 e. The Balaban J connectivity index is 0.987. The van der Waals surface area contributed by atoms with Crippen LogP contribution in [0.1, 0.15) is 5.56 Å². The van der Waals surface area contributed by atoms with E-state index in [-0.39, 0.29) is 0 Å². The summed E-state index contributed by atoms with van der Waals surface area (Å²) < 4.78 is 11.5. The van der Waals surface area contributed by atoms with Crippen LogP contribution in [0.2, 0.25) is 0 Å². The summed E-state index contributed by atoms with van der Waals surface area (Å²) in [4.78, 5) is 15.1. The van der Waals surface area contributed by atoms with Crippen LogP contribution in [0.3, 0.4) is 0 Å². The van der Waals surface area contributed by atoms with Crippen molar-refractivity contribution in [3.05, 3.63) is 212 Å². The second-order valence-electron chi connectivity index (χ2n) is 16.3. The molecule has 13 rings (SSSR count). The Bertz CT molecular complexity index is 4070. The molecular formula is C58H34N6O. The smallest absolute Gasteiger partial charge is 0.164 e. The maximum Gasteiger partial charge on any atom is 0.164 e. The summed E-state index contributed by atoms with van der Waals surface area (Å²) in [7, 11) is 0. The molecule has 302 valence electrons. The lowest BCUT2D eigenvalue weighted by Gasteiger charge is -2.13. The predicted molar refractivity (Wildman–Crippen MR) is 262 cm³/mol. The quantitative estimate of drug-likeness (QED) is 0.167. The van der Waals surface area contributed by atoms with Crippen molar-refractivity contribution in [2.75, 3.05) is 0 Å². The predicted octanol–water partition coefficient (Wildman–Crippen LogP) is 14.5. The lowest BCUT2D eigenvalue weighted by molar-refractivity contribution is 0.673. The molecule has 0 saturated carbocycles. The van der Waals surface area contributed by atoms with Crippen molar-refractivity contribution in [1.29, 1.82) is 5.26 Å². The van der Waals surface area contributed by atoms with Crippen molar-refractivity contribution in [2.24, 2.45) is 0 Å². The molecule has 65 heavy (non-hydrogen) atoms. The SMILES string of the molecule is N#Cc1cc(-c2nc(-c3ccccc3)nc(-c3cccc(-c4ccccc4)c3)n2)ccc1-n1c2ccccc2c2cc3c(cc21)oc1c3ccc2c1c1ccccc1n2-c1ccccc1. The Morgan fingerprint density at radius 3 is 1.72 bits per heavy atom. The van der Waals surface area contributed by atoms with Crippen LogP contribution in [0.25, 0.3) is 122 Å². The van der Waals surface area contributed by atoms with Crippen LogP contribution in [0, 0.1) is 11.3 Å². The van der Waals surface area contributed by atoms with Gasteiger partial charge in [-0.1, -0.05) is 133 Å². The van der Waals surface area contributed by atoms with Crippen LogP contribution in [0.4, 0.5) is 0 Å². The van der Waals surface area contributed by atoms with Gasteiger partial charge in [0.15, 0.2) is 17.5 Å². The van der Waals surface area contributed by atoms with Gasteiger partial charge in [0.05, 0.1) is 38.7 Å². The third kappa shape index (κ3) is 5.78. The largest absolute Gasteiger partial charge is 0.455 e. The summed E-state index contributed by atoms with van der Waals surface area (Å²) in [5.74, 6) is 1.58. The van der Waals surface area contributed by atoms with Crippen molar-refractivity contribution >= 4 is 65.6 Å². The van der Waals surface area contributed by atoms with Crippen LogP contribution in [-0.2, 0) is 0 Å². The zero-order valence-corrected chi connectivity index (χ0v) is 34.7. The number of aromatic nitrogens is 5. The fourth-order valence-electron chi connectivity index (χ4n) is 9.64. The molecule has 7 nitrogen and oxygen atoms in total. The van der Waals surface area contributed by atoms with Gasteiger partial charge in [0, 0.05) is 55.4 Å². The highest BCUT2D eigenvalue weighted by Gasteiger charge is 2.22. The molecule has 0 aliphatic carbocycles. The first-order valence-electron chi connectivity index (χ1n) is 21.6. The maximum atomic E-state index is 10.9. The second kappa shape index (κ2) is 14.5. The number of hydrogen-bond acceptors (Lipinski definition) is 5. The van der Waals surface area contributed by atoms with Gasteiger partial charge in [-0.25, -0.2) is 15.0 Å².